The standard InChI is InChI=1S/C20H18ClNO3S2/c21-16-4-2-1-3-15(16)17-10-9-14(25-17)11-18-19(24)22(20(26)27-18)12-5-7-13(23)8-6-12/h1-4,9-13,23H,5-8H2/b18-11+. The SMILES string of the molecule is O=C1/C(=C\c2ccc(-c3ccccc3Cl)o2)SC(=S)N1C1CCC(O)CC1. The summed E-state index contributed by atoms with van der Waals surface area (Å²) in [4.78, 5) is 15.1. The van der Waals surface area contributed by atoms with Gasteiger partial charge in [-0.2, -0.15) is 0 Å². The lowest BCUT2D eigenvalue weighted by atomic mass is 9.92. The molecule has 27 heavy (non-hydrogen) atoms. The Labute approximate surface area is 172 Å². The van der Waals surface area contributed by atoms with Crippen LogP contribution in [0.4, 0.5) is 0 Å². The van der Waals surface area contributed by atoms with Gasteiger partial charge in [-0.3, -0.25) is 9.69 Å². The average molecular weight is 420 g/mol. The number of carbonyl (C=O) groups excluding carboxylic acids is 1. The van der Waals surface area contributed by atoms with Crippen molar-refractivity contribution >= 4 is 51.9 Å². The van der Waals surface area contributed by atoms with Gasteiger partial charge in [0.25, 0.3) is 5.91 Å². The molecule has 1 saturated carbocycles. The first kappa shape index (κ1) is 18.7. The van der Waals surface area contributed by atoms with Gasteiger partial charge in [0.05, 0.1) is 16.0 Å². The van der Waals surface area contributed by atoms with Gasteiger partial charge in [0.15, 0.2) is 0 Å². The first-order valence-corrected chi connectivity index (χ1v) is 10.4. The Hall–Kier alpha value is -1.60. The van der Waals surface area contributed by atoms with Crippen molar-refractivity contribution in [2.75, 3.05) is 0 Å². The summed E-state index contributed by atoms with van der Waals surface area (Å²) in [5, 5.41) is 10.3. The van der Waals surface area contributed by atoms with E-state index in [0.29, 0.717) is 38.6 Å². The van der Waals surface area contributed by atoms with Crippen molar-refractivity contribution in [1.29, 1.82) is 0 Å². The molecular weight excluding hydrogens is 402 g/mol. The van der Waals surface area contributed by atoms with Crippen LogP contribution in [0.25, 0.3) is 17.4 Å². The maximum Gasteiger partial charge on any atom is 0.266 e. The number of hydrogen-bond donors (Lipinski definition) is 1. The van der Waals surface area contributed by atoms with E-state index >= 15 is 0 Å². The van der Waals surface area contributed by atoms with E-state index in [0.717, 1.165) is 18.4 Å². The van der Waals surface area contributed by atoms with Crippen molar-refractivity contribution in [3.05, 3.63) is 52.1 Å². The molecule has 1 aliphatic heterocycles. The smallest absolute Gasteiger partial charge is 0.266 e. The highest BCUT2D eigenvalue weighted by Gasteiger charge is 2.38. The van der Waals surface area contributed by atoms with E-state index in [1.807, 2.05) is 36.4 Å². The van der Waals surface area contributed by atoms with Gasteiger partial charge >= 0.3 is 0 Å². The Morgan fingerprint density at radius 2 is 1.93 bits per heavy atom. The zero-order valence-corrected chi connectivity index (χ0v) is 16.8. The lowest BCUT2D eigenvalue weighted by molar-refractivity contribution is -0.124. The highest BCUT2D eigenvalue weighted by Crippen LogP contribution is 2.38. The van der Waals surface area contributed by atoms with Crippen LogP contribution in [0.1, 0.15) is 31.4 Å². The van der Waals surface area contributed by atoms with Crippen molar-refractivity contribution in [2.45, 2.75) is 37.8 Å². The van der Waals surface area contributed by atoms with Crippen LogP contribution in [0.2, 0.25) is 5.02 Å². The van der Waals surface area contributed by atoms with Crippen molar-refractivity contribution < 1.29 is 14.3 Å². The van der Waals surface area contributed by atoms with Gasteiger partial charge in [-0.15, -0.1) is 0 Å². The summed E-state index contributed by atoms with van der Waals surface area (Å²) >= 11 is 13.0. The summed E-state index contributed by atoms with van der Waals surface area (Å²) < 4.78 is 6.44. The third-order valence-electron chi connectivity index (χ3n) is 4.89. The second kappa shape index (κ2) is 7.80. The van der Waals surface area contributed by atoms with E-state index < -0.39 is 0 Å². The highest BCUT2D eigenvalue weighted by molar-refractivity contribution is 8.26. The minimum absolute atomic E-state index is 0.0714. The number of hydrogen-bond acceptors (Lipinski definition) is 5. The van der Waals surface area contributed by atoms with E-state index in [2.05, 4.69) is 0 Å². The molecule has 0 atom stereocenters. The largest absolute Gasteiger partial charge is 0.457 e. The summed E-state index contributed by atoms with van der Waals surface area (Å²) in [7, 11) is 0. The molecule has 140 valence electrons. The lowest BCUT2D eigenvalue weighted by Crippen LogP contribution is -2.41. The van der Waals surface area contributed by atoms with Gasteiger partial charge in [0.1, 0.15) is 15.8 Å². The molecule has 0 unspecified atom stereocenters. The Balaban J connectivity index is 1.54. The van der Waals surface area contributed by atoms with Crippen molar-refractivity contribution in [1.82, 2.24) is 4.90 Å². The number of nitrogens with zero attached hydrogens (tertiary/aromatic N) is 1. The molecule has 0 spiro atoms. The molecule has 1 aromatic heterocycles. The van der Waals surface area contributed by atoms with Crippen LogP contribution >= 0.6 is 35.6 Å². The van der Waals surface area contributed by atoms with E-state index in [1.165, 1.54) is 11.8 Å². The molecule has 2 aliphatic rings. The molecule has 1 amide bonds. The predicted molar refractivity (Wildman–Crippen MR) is 112 cm³/mol. The Morgan fingerprint density at radius 3 is 2.67 bits per heavy atom. The van der Waals surface area contributed by atoms with Crippen molar-refractivity contribution in [2.24, 2.45) is 0 Å². The average Bonchev–Trinajstić information content (AvgIpc) is 3.22. The summed E-state index contributed by atoms with van der Waals surface area (Å²) in [5.41, 5.74) is 0.812. The summed E-state index contributed by atoms with van der Waals surface area (Å²) in [6.07, 6.45) is 4.44. The van der Waals surface area contributed by atoms with E-state index in [1.54, 1.807) is 11.0 Å². The number of rotatable bonds is 3. The minimum Gasteiger partial charge on any atom is -0.457 e. The second-order valence-electron chi connectivity index (χ2n) is 6.70. The molecule has 2 fully saturated rings. The fraction of sp³-hybridized carbons (Fsp3) is 0.300. The molecule has 0 bridgehead atoms. The molecule has 1 saturated heterocycles. The van der Waals surface area contributed by atoms with E-state index in [9.17, 15) is 9.90 Å². The van der Waals surface area contributed by atoms with Crippen LogP contribution in [0.15, 0.2) is 45.7 Å². The monoisotopic (exact) mass is 419 g/mol. The number of carbonyl (C=O) groups is 1. The summed E-state index contributed by atoms with van der Waals surface area (Å²) in [6, 6.07) is 11.2. The summed E-state index contributed by atoms with van der Waals surface area (Å²) in [6.45, 7) is 0. The van der Waals surface area contributed by atoms with Crippen LogP contribution in [0, 0.1) is 0 Å². The van der Waals surface area contributed by atoms with Crippen LogP contribution in [0.5, 0.6) is 0 Å². The Bertz CT molecular complexity index is 915. The molecule has 7 heteroatoms. The molecule has 2 heterocycles. The summed E-state index contributed by atoms with van der Waals surface area (Å²) in [5.74, 6) is 1.16. The quantitative estimate of drug-likeness (QED) is 0.553. The van der Waals surface area contributed by atoms with Crippen LogP contribution < -0.4 is 0 Å². The fourth-order valence-corrected chi connectivity index (χ4v) is 5.09. The van der Waals surface area contributed by atoms with Gasteiger partial charge in [-0.05, 0) is 49.9 Å². The lowest BCUT2D eigenvalue weighted by Gasteiger charge is -2.32. The van der Waals surface area contributed by atoms with Gasteiger partial charge in [0, 0.05) is 17.7 Å². The van der Waals surface area contributed by atoms with E-state index in [-0.39, 0.29) is 18.1 Å². The second-order valence-corrected chi connectivity index (χ2v) is 8.78. The maximum atomic E-state index is 12.9. The number of aliphatic hydroxyl groups is 1. The number of amides is 1. The van der Waals surface area contributed by atoms with Crippen molar-refractivity contribution in [3.8, 4) is 11.3 Å². The molecule has 2 aromatic rings. The number of furan rings is 1. The van der Waals surface area contributed by atoms with Crippen molar-refractivity contribution in [3.63, 3.8) is 0 Å². The third-order valence-corrected chi connectivity index (χ3v) is 6.55. The van der Waals surface area contributed by atoms with Crippen LogP contribution in [0.3, 0.4) is 0 Å². The number of benzene rings is 1. The number of aliphatic hydroxyl groups excluding tert-OH is 1. The van der Waals surface area contributed by atoms with Gasteiger partial charge < -0.3 is 9.52 Å². The fourth-order valence-electron chi connectivity index (χ4n) is 3.48. The molecule has 4 rings (SSSR count). The number of halogens is 1. The molecular formula is C20H18ClNO3S2. The first-order valence-electron chi connectivity index (χ1n) is 8.83. The van der Waals surface area contributed by atoms with Gasteiger partial charge in [-0.25, -0.2) is 0 Å². The van der Waals surface area contributed by atoms with E-state index in [4.69, 9.17) is 28.2 Å². The maximum absolute atomic E-state index is 12.9. The van der Waals surface area contributed by atoms with Crippen LogP contribution in [-0.4, -0.2) is 32.4 Å². The number of thiocarbonyl (C=S) groups is 1. The molecule has 1 aliphatic carbocycles. The molecule has 4 nitrogen and oxygen atoms in total. The number of thioether (sulfide) groups is 1. The molecule has 1 N–H and O–H groups in total. The predicted octanol–water partition coefficient (Wildman–Crippen LogP) is 5.10. The highest BCUT2D eigenvalue weighted by atomic mass is 35.5. The topological polar surface area (TPSA) is 53.7 Å². The van der Waals surface area contributed by atoms with Gasteiger partial charge in [0.2, 0.25) is 0 Å². The zero-order valence-electron chi connectivity index (χ0n) is 14.4. The molecule has 1 aromatic carbocycles. The Kier molecular flexibility index (Phi) is 5.41. The zero-order chi connectivity index (χ0) is 19.0. The first-order chi connectivity index (χ1) is 13.0. The van der Waals surface area contributed by atoms with Gasteiger partial charge in [-0.1, -0.05) is 47.7 Å². The molecule has 0 radical (unpaired) electrons. The normalized spacial score (nSPS) is 24.8. The third kappa shape index (κ3) is 3.85. The Morgan fingerprint density at radius 1 is 1.19 bits per heavy atom. The van der Waals surface area contributed by atoms with Crippen LogP contribution in [-0.2, 0) is 4.79 Å². The minimum atomic E-state index is -0.262.